The van der Waals surface area contributed by atoms with Crippen LogP contribution in [0.2, 0.25) is 0 Å². The summed E-state index contributed by atoms with van der Waals surface area (Å²) in [6.45, 7) is 10.5. The van der Waals surface area contributed by atoms with Crippen LogP contribution >= 0.6 is 0 Å². The van der Waals surface area contributed by atoms with E-state index >= 15 is 0 Å². The van der Waals surface area contributed by atoms with Gasteiger partial charge in [-0.3, -0.25) is 0 Å². The monoisotopic (exact) mass is 559 g/mol. The minimum Gasteiger partial charge on any atom is -0.380 e. The fraction of sp³-hybridized carbons (Fsp3) is 0.361. The molecule has 6 rings (SSSR count). The van der Waals surface area contributed by atoms with Gasteiger partial charge in [0.15, 0.2) is 5.65 Å². The van der Waals surface area contributed by atoms with Gasteiger partial charge in [-0.05, 0) is 58.9 Å². The van der Waals surface area contributed by atoms with E-state index in [0.717, 1.165) is 66.3 Å². The summed E-state index contributed by atoms with van der Waals surface area (Å²) in [5.41, 5.74) is 7.48. The van der Waals surface area contributed by atoms with Crippen LogP contribution in [-0.4, -0.2) is 37.7 Å². The van der Waals surface area contributed by atoms with Crippen molar-refractivity contribution in [3.63, 3.8) is 0 Å². The van der Waals surface area contributed by atoms with Crippen molar-refractivity contribution in [2.75, 3.05) is 18.0 Å². The van der Waals surface area contributed by atoms with Crippen LogP contribution in [0, 0.1) is 12.8 Å². The minimum atomic E-state index is -1.05. The number of aryl methyl sites for hydroxylation is 2. The second-order valence-electron chi connectivity index (χ2n) is 12.8. The van der Waals surface area contributed by atoms with E-state index < -0.39 is 5.60 Å². The van der Waals surface area contributed by atoms with Crippen molar-refractivity contribution < 1.29 is 5.11 Å². The lowest BCUT2D eigenvalue weighted by Gasteiger charge is -2.42. The number of rotatable bonds is 6. The summed E-state index contributed by atoms with van der Waals surface area (Å²) >= 11 is 0. The molecule has 3 aromatic carbocycles. The predicted octanol–water partition coefficient (Wildman–Crippen LogP) is 6.71. The van der Waals surface area contributed by atoms with Gasteiger partial charge in [0, 0.05) is 26.6 Å². The van der Waals surface area contributed by atoms with E-state index in [1.54, 1.807) is 0 Å². The lowest BCUT2D eigenvalue weighted by molar-refractivity contribution is 0.00494. The average molecular weight is 560 g/mol. The second-order valence-corrected chi connectivity index (χ2v) is 12.8. The maximum Gasteiger partial charge on any atom is 0.227 e. The Labute approximate surface area is 249 Å². The predicted molar refractivity (Wildman–Crippen MR) is 170 cm³/mol. The van der Waals surface area contributed by atoms with Gasteiger partial charge >= 0.3 is 0 Å². The Kier molecular flexibility index (Phi) is 7.36. The van der Waals surface area contributed by atoms with Crippen LogP contribution in [0.25, 0.3) is 11.2 Å². The van der Waals surface area contributed by atoms with Gasteiger partial charge in [0.05, 0.1) is 12.0 Å². The number of aliphatic hydroxyl groups is 1. The first-order valence-corrected chi connectivity index (χ1v) is 15.0. The Balaban J connectivity index is 1.30. The smallest absolute Gasteiger partial charge is 0.227 e. The molecule has 5 aromatic rings. The Morgan fingerprint density at radius 3 is 2.05 bits per heavy atom. The van der Waals surface area contributed by atoms with Gasteiger partial charge in [-0.25, -0.2) is 9.97 Å². The summed E-state index contributed by atoms with van der Waals surface area (Å²) in [6.07, 6.45) is 4.20. The molecule has 0 bridgehead atoms. The summed E-state index contributed by atoms with van der Waals surface area (Å²) in [5.74, 6) is 0.793. The van der Waals surface area contributed by atoms with Crippen molar-refractivity contribution in [1.82, 2.24) is 19.5 Å². The van der Waals surface area contributed by atoms with Crippen LogP contribution in [0.5, 0.6) is 0 Å². The fourth-order valence-electron chi connectivity index (χ4n) is 6.42. The molecule has 1 aliphatic rings. The van der Waals surface area contributed by atoms with E-state index in [4.69, 9.17) is 9.97 Å². The Hall–Kier alpha value is -4.03. The van der Waals surface area contributed by atoms with Crippen molar-refractivity contribution in [2.45, 2.75) is 58.0 Å². The maximum absolute atomic E-state index is 12.3. The molecule has 0 aliphatic carbocycles. The molecular formula is C36H41N5O. The van der Waals surface area contributed by atoms with Crippen LogP contribution in [0.1, 0.15) is 67.1 Å². The zero-order valence-corrected chi connectivity index (χ0v) is 25.4. The maximum atomic E-state index is 12.3. The average Bonchev–Trinajstić information content (AvgIpc) is 3.39. The van der Waals surface area contributed by atoms with E-state index in [1.807, 2.05) is 78.6 Å². The molecule has 1 fully saturated rings. The molecule has 1 N–H and O–H groups in total. The number of fused-ring (bicyclic) bond motifs is 1. The first-order chi connectivity index (χ1) is 20.1. The van der Waals surface area contributed by atoms with E-state index in [9.17, 15) is 5.11 Å². The molecule has 6 nitrogen and oxygen atoms in total. The van der Waals surface area contributed by atoms with Gasteiger partial charge < -0.3 is 14.6 Å². The Morgan fingerprint density at radius 2 is 1.45 bits per heavy atom. The molecule has 0 radical (unpaired) electrons. The minimum absolute atomic E-state index is 0.0689. The number of hydrogen-bond donors (Lipinski definition) is 1. The molecule has 42 heavy (non-hydrogen) atoms. The number of benzene rings is 3. The summed E-state index contributed by atoms with van der Waals surface area (Å²) < 4.78 is 2.03. The quantitative estimate of drug-likeness (QED) is 0.250. The van der Waals surface area contributed by atoms with E-state index in [0.29, 0.717) is 0 Å². The summed E-state index contributed by atoms with van der Waals surface area (Å²) in [5, 5.41) is 12.3. The molecule has 0 unspecified atom stereocenters. The van der Waals surface area contributed by atoms with Crippen molar-refractivity contribution in [2.24, 2.45) is 13.0 Å². The normalized spacial score (nSPS) is 15.0. The number of nitrogens with zero attached hydrogens (tertiary/aromatic N) is 5. The number of anilines is 1. The van der Waals surface area contributed by atoms with Gasteiger partial charge in [0.2, 0.25) is 5.95 Å². The summed E-state index contributed by atoms with van der Waals surface area (Å²) in [7, 11) is 2.01. The van der Waals surface area contributed by atoms with Crippen LogP contribution in [0.15, 0.2) is 85.2 Å². The molecule has 0 atom stereocenters. The van der Waals surface area contributed by atoms with Crippen molar-refractivity contribution >= 4 is 17.1 Å². The molecule has 0 amide bonds. The van der Waals surface area contributed by atoms with Crippen LogP contribution in [-0.2, 0) is 24.5 Å². The largest absolute Gasteiger partial charge is 0.380 e. The molecule has 6 heteroatoms. The molecule has 0 saturated carbocycles. The number of aromatic nitrogens is 4. The van der Waals surface area contributed by atoms with Gasteiger partial charge in [-0.15, -0.1) is 0 Å². The molecular weight excluding hydrogens is 518 g/mol. The molecule has 1 aliphatic heterocycles. The third-order valence-corrected chi connectivity index (χ3v) is 9.00. The lowest BCUT2D eigenvalue weighted by atomic mass is 9.72. The summed E-state index contributed by atoms with van der Waals surface area (Å²) in [4.78, 5) is 17.0. The van der Waals surface area contributed by atoms with E-state index in [2.05, 4.69) is 55.8 Å². The SMILES string of the molecule is Cc1ccc(C(C)(C)C)cc1Cc1nc(N2CCC(C(O)(c3ccccc3)c3ccccc3)CC2)nc2ncn(C)c12. The zero-order valence-electron chi connectivity index (χ0n) is 25.4. The zero-order chi connectivity index (χ0) is 29.5. The third-order valence-electron chi connectivity index (χ3n) is 9.00. The second kappa shape index (κ2) is 11.0. The lowest BCUT2D eigenvalue weighted by Crippen LogP contribution is -2.44. The van der Waals surface area contributed by atoms with Crippen LogP contribution in [0.3, 0.4) is 0 Å². The Bertz CT molecular complexity index is 1640. The van der Waals surface area contributed by atoms with Crippen molar-refractivity contribution in [1.29, 1.82) is 0 Å². The number of imidazole rings is 1. The van der Waals surface area contributed by atoms with Gasteiger partial charge in [0.25, 0.3) is 0 Å². The Morgan fingerprint density at radius 1 is 0.833 bits per heavy atom. The first-order valence-electron chi connectivity index (χ1n) is 15.0. The van der Waals surface area contributed by atoms with Gasteiger partial charge in [-0.1, -0.05) is 99.6 Å². The highest BCUT2D eigenvalue weighted by molar-refractivity contribution is 5.75. The van der Waals surface area contributed by atoms with E-state index in [-0.39, 0.29) is 11.3 Å². The highest BCUT2D eigenvalue weighted by atomic mass is 16.3. The highest BCUT2D eigenvalue weighted by Gasteiger charge is 2.42. The fourth-order valence-corrected chi connectivity index (χ4v) is 6.42. The van der Waals surface area contributed by atoms with Crippen molar-refractivity contribution in [3.8, 4) is 0 Å². The molecule has 3 heterocycles. The topological polar surface area (TPSA) is 67.1 Å². The standard InChI is InChI=1S/C36H41N5O/c1-25-16-17-30(35(2,3)4)22-26(25)23-31-32-33(37-24-40(32)5)39-34(38-31)41-20-18-29(19-21-41)36(42,27-12-8-6-9-13-27)28-14-10-7-11-15-28/h6-17,22,24,29,42H,18-21,23H2,1-5H3. The molecule has 216 valence electrons. The number of hydrogen-bond acceptors (Lipinski definition) is 5. The van der Waals surface area contributed by atoms with E-state index in [1.165, 1.54) is 16.7 Å². The highest BCUT2D eigenvalue weighted by Crippen LogP contribution is 2.42. The van der Waals surface area contributed by atoms with Crippen molar-refractivity contribution in [3.05, 3.63) is 119 Å². The molecule has 0 spiro atoms. The number of piperidine rings is 1. The summed E-state index contributed by atoms with van der Waals surface area (Å²) in [6, 6.07) is 27.0. The van der Waals surface area contributed by atoms with Crippen LogP contribution in [0.4, 0.5) is 5.95 Å². The molecule has 2 aromatic heterocycles. The molecule has 1 saturated heterocycles. The first kappa shape index (κ1) is 28.1. The van der Waals surface area contributed by atoms with Gasteiger partial charge in [0.1, 0.15) is 11.1 Å². The third kappa shape index (κ3) is 5.20. The van der Waals surface area contributed by atoms with Gasteiger partial charge in [-0.2, -0.15) is 4.98 Å². The van der Waals surface area contributed by atoms with Crippen LogP contribution < -0.4 is 4.90 Å².